The van der Waals surface area contributed by atoms with Gasteiger partial charge in [0.15, 0.2) is 0 Å². The third kappa shape index (κ3) is 11.4. The maximum absolute atomic E-state index is 10.9. The molecule has 0 heterocycles. The van der Waals surface area contributed by atoms with Crippen molar-refractivity contribution in [1.82, 2.24) is 5.48 Å². The molecule has 15 heavy (non-hydrogen) atoms. The number of carbonyl (C=O) groups is 1. The van der Waals surface area contributed by atoms with E-state index in [0.717, 1.165) is 19.4 Å². The Labute approximate surface area is 93.5 Å². The number of hydroxylamine groups is 1. The van der Waals surface area contributed by atoms with E-state index in [2.05, 4.69) is 12.4 Å². The van der Waals surface area contributed by atoms with Crippen molar-refractivity contribution in [2.45, 2.75) is 65.2 Å². The summed E-state index contributed by atoms with van der Waals surface area (Å²) >= 11 is 0. The number of unbranched alkanes of at least 4 members (excludes halogenated alkanes) is 5. The molecule has 1 N–H and O–H groups in total. The Morgan fingerprint density at radius 2 is 1.67 bits per heavy atom. The van der Waals surface area contributed by atoms with Crippen molar-refractivity contribution in [2.24, 2.45) is 0 Å². The van der Waals surface area contributed by atoms with E-state index in [4.69, 9.17) is 4.84 Å². The molecule has 3 nitrogen and oxygen atoms in total. The molecule has 0 atom stereocenters. The molecule has 0 aromatic carbocycles. The minimum Gasteiger partial charge on any atom is -0.371 e. The van der Waals surface area contributed by atoms with E-state index < -0.39 is 0 Å². The lowest BCUT2D eigenvalue weighted by molar-refractivity contribution is -0.151. The Morgan fingerprint density at radius 1 is 1.00 bits per heavy atom. The molecule has 0 aromatic rings. The summed E-state index contributed by atoms with van der Waals surface area (Å²) in [7, 11) is 0. The smallest absolute Gasteiger partial charge is 0.324 e. The third-order valence-electron chi connectivity index (χ3n) is 2.27. The molecule has 0 radical (unpaired) electrons. The molecule has 0 spiro atoms. The maximum Gasteiger partial charge on any atom is 0.324 e. The highest BCUT2D eigenvalue weighted by atomic mass is 16.7. The normalized spacial score (nSPS) is 10.3. The van der Waals surface area contributed by atoms with Gasteiger partial charge in [-0.15, -0.1) is 0 Å². The second kappa shape index (κ2) is 11.5. The van der Waals surface area contributed by atoms with Gasteiger partial charge in [-0.1, -0.05) is 46.0 Å². The lowest BCUT2D eigenvalue weighted by Crippen LogP contribution is -2.20. The molecule has 0 amide bonds. The van der Waals surface area contributed by atoms with E-state index >= 15 is 0 Å². The highest BCUT2D eigenvalue weighted by molar-refractivity contribution is 5.68. The first-order valence-electron chi connectivity index (χ1n) is 6.23. The predicted molar refractivity (Wildman–Crippen MR) is 62.4 cm³/mol. The van der Waals surface area contributed by atoms with E-state index in [1.807, 2.05) is 6.92 Å². The van der Waals surface area contributed by atoms with Crippen LogP contribution < -0.4 is 5.48 Å². The number of rotatable bonds is 10. The second-order valence-corrected chi connectivity index (χ2v) is 3.89. The SMILES string of the molecule is CCCCCCCCNOC(=O)CCC. The van der Waals surface area contributed by atoms with E-state index in [-0.39, 0.29) is 5.97 Å². The average Bonchev–Trinajstić information content (AvgIpc) is 2.22. The average molecular weight is 215 g/mol. The molecule has 0 saturated carbocycles. The summed E-state index contributed by atoms with van der Waals surface area (Å²) in [6.45, 7) is 4.96. The van der Waals surface area contributed by atoms with Crippen LogP contribution >= 0.6 is 0 Å². The number of hydrogen-bond donors (Lipinski definition) is 1. The van der Waals surface area contributed by atoms with Gasteiger partial charge in [-0.2, -0.15) is 5.48 Å². The van der Waals surface area contributed by atoms with Crippen molar-refractivity contribution in [1.29, 1.82) is 0 Å². The molecule has 0 unspecified atom stereocenters. The van der Waals surface area contributed by atoms with Crippen molar-refractivity contribution in [3.8, 4) is 0 Å². The highest BCUT2D eigenvalue weighted by Crippen LogP contribution is 2.03. The molecule has 0 saturated heterocycles. The largest absolute Gasteiger partial charge is 0.371 e. The van der Waals surface area contributed by atoms with Gasteiger partial charge in [0.2, 0.25) is 0 Å². The predicted octanol–water partition coefficient (Wildman–Crippen LogP) is 3.19. The molecule has 0 bridgehead atoms. The summed E-state index contributed by atoms with van der Waals surface area (Å²) in [5.41, 5.74) is 2.71. The summed E-state index contributed by atoms with van der Waals surface area (Å²) in [5, 5.41) is 0. The third-order valence-corrected chi connectivity index (χ3v) is 2.27. The maximum atomic E-state index is 10.9. The monoisotopic (exact) mass is 215 g/mol. The van der Waals surface area contributed by atoms with E-state index in [9.17, 15) is 4.79 Å². The first-order chi connectivity index (χ1) is 7.31. The minimum atomic E-state index is -0.150. The van der Waals surface area contributed by atoms with Crippen molar-refractivity contribution in [3.63, 3.8) is 0 Å². The van der Waals surface area contributed by atoms with Gasteiger partial charge < -0.3 is 4.84 Å². The van der Waals surface area contributed by atoms with Gasteiger partial charge in [0.05, 0.1) is 0 Å². The molecule has 0 aliphatic heterocycles. The lowest BCUT2D eigenvalue weighted by atomic mass is 10.1. The van der Waals surface area contributed by atoms with E-state index in [1.54, 1.807) is 0 Å². The number of nitrogens with one attached hydrogen (secondary N) is 1. The Kier molecular flexibility index (Phi) is 11.1. The topological polar surface area (TPSA) is 38.3 Å². The molecule has 0 aliphatic rings. The van der Waals surface area contributed by atoms with Crippen LogP contribution in [0.3, 0.4) is 0 Å². The lowest BCUT2D eigenvalue weighted by Gasteiger charge is -2.04. The summed E-state index contributed by atoms with van der Waals surface area (Å²) in [6.07, 6.45) is 8.89. The fourth-order valence-electron chi connectivity index (χ4n) is 1.36. The quantitative estimate of drug-likeness (QED) is 0.449. The summed E-state index contributed by atoms with van der Waals surface area (Å²) in [6, 6.07) is 0. The van der Waals surface area contributed by atoms with Crippen molar-refractivity contribution in [2.75, 3.05) is 6.54 Å². The first kappa shape index (κ1) is 14.4. The van der Waals surface area contributed by atoms with Gasteiger partial charge in [0.25, 0.3) is 0 Å². The number of hydrogen-bond acceptors (Lipinski definition) is 3. The zero-order chi connectivity index (χ0) is 11.4. The minimum absolute atomic E-state index is 0.150. The fraction of sp³-hybridized carbons (Fsp3) is 0.917. The van der Waals surface area contributed by atoms with Gasteiger partial charge in [0.1, 0.15) is 0 Å². The zero-order valence-corrected chi connectivity index (χ0v) is 10.2. The van der Waals surface area contributed by atoms with Crippen molar-refractivity contribution < 1.29 is 9.63 Å². The Hall–Kier alpha value is -0.570. The molecule has 0 aromatic heterocycles. The molecular weight excluding hydrogens is 190 g/mol. The molecule has 0 fully saturated rings. The molecule has 0 aliphatic carbocycles. The van der Waals surface area contributed by atoms with Crippen LogP contribution in [0, 0.1) is 0 Å². The van der Waals surface area contributed by atoms with Gasteiger partial charge in [-0.25, -0.2) is 0 Å². The van der Waals surface area contributed by atoms with Gasteiger partial charge in [-0.05, 0) is 12.8 Å². The highest BCUT2D eigenvalue weighted by Gasteiger charge is 1.99. The van der Waals surface area contributed by atoms with Crippen LogP contribution in [0.15, 0.2) is 0 Å². The van der Waals surface area contributed by atoms with Crippen LogP contribution in [0.1, 0.15) is 65.2 Å². The summed E-state index contributed by atoms with van der Waals surface area (Å²) < 4.78 is 0. The van der Waals surface area contributed by atoms with Gasteiger partial charge in [-0.3, -0.25) is 4.79 Å². The first-order valence-corrected chi connectivity index (χ1v) is 6.23. The summed E-state index contributed by atoms with van der Waals surface area (Å²) in [4.78, 5) is 15.8. The molecule has 3 heteroatoms. The van der Waals surface area contributed by atoms with Crippen LogP contribution in [0.5, 0.6) is 0 Å². The van der Waals surface area contributed by atoms with Gasteiger partial charge in [0, 0.05) is 13.0 Å². The van der Waals surface area contributed by atoms with Crippen LogP contribution in [0.2, 0.25) is 0 Å². The fourth-order valence-corrected chi connectivity index (χ4v) is 1.36. The van der Waals surface area contributed by atoms with Crippen molar-refractivity contribution >= 4 is 5.97 Å². The second-order valence-electron chi connectivity index (χ2n) is 3.89. The van der Waals surface area contributed by atoms with Crippen LogP contribution in [-0.4, -0.2) is 12.5 Å². The Balaban J connectivity index is 3.01. The van der Waals surface area contributed by atoms with E-state index in [1.165, 1.54) is 32.1 Å². The summed E-state index contributed by atoms with van der Waals surface area (Å²) in [5.74, 6) is -0.150. The Morgan fingerprint density at radius 3 is 2.33 bits per heavy atom. The molecule has 90 valence electrons. The zero-order valence-electron chi connectivity index (χ0n) is 10.2. The molecular formula is C12H25NO2. The Bertz CT molecular complexity index is 149. The van der Waals surface area contributed by atoms with Crippen LogP contribution in [0.4, 0.5) is 0 Å². The van der Waals surface area contributed by atoms with Gasteiger partial charge >= 0.3 is 5.97 Å². The molecule has 0 rings (SSSR count). The number of carbonyl (C=O) groups excluding carboxylic acids is 1. The standard InChI is InChI=1S/C12H25NO2/c1-3-5-6-7-8-9-11-13-15-12(14)10-4-2/h13H,3-11H2,1-2H3. The van der Waals surface area contributed by atoms with Crippen LogP contribution in [-0.2, 0) is 9.63 Å². The van der Waals surface area contributed by atoms with E-state index in [0.29, 0.717) is 6.42 Å². The van der Waals surface area contributed by atoms with Crippen LogP contribution in [0.25, 0.3) is 0 Å². The van der Waals surface area contributed by atoms with Crippen molar-refractivity contribution in [3.05, 3.63) is 0 Å².